The molecule has 0 spiro atoms. The molecule has 2 unspecified atom stereocenters. The summed E-state index contributed by atoms with van der Waals surface area (Å²) in [5.74, 6) is 0.390. The average Bonchev–Trinajstić information content (AvgIpc) is 2.86. The number of nitrogens with one attached hydrogen (secondary N) is 1. The molecule has 96 valence electrons. The fourth-order valence-electron chi connectivity index (χ4n) is 2.59. The zero-order valence-corrected chi connectivity index (χ0v) is 10.0. The van der Waals surface area contributed by atoms with E-state index in [9.17, 15) is 14.7 Å². The second-order valence-electron chi connectivity index (χ2n) is 5.06. The molecule has 2 atom stereocenters. The van der Waals surface area contributed by atoms with Crippen molar-refractivity contribution in [2.45, 2.75) is 38.2 Å². The van der Waals surface area contributed by atoms with Crippen molar-refractivity contribution < 1.29 is 14.7 Å². The van der Waals surface area contributed by atoms with Crippen LogP contribution in [-0.2, 0) is 9.59 Å². The molecule has 0 bridgehead atoms. The van der Waals surface area contributed by atoms with Crippen LogP contribution in [0.3, 0.4) is 0 Å². The van der Waals surface area contributed by atoms with E-state index >= 15 is 0 Å². The number of rotatable bonds is 4. The van der Waals surface area contributed by atoms with Crippen LogP contribution in [0.5, 0.6) is 0 Å². The Labute approximate surface area is 101 Å². The molecule has 0 aromatic carbocycles. The monoisotopic (exact) mass is 240 g/mol. The van der Waals surface area contributed by atoms with E-state index in [1.807, 2.05) is 0 Å². The lowest BCUT2D eigenvalue weighted by Crippen LogP contribution is -2.39. The van der Waals surface area contributed by atoms with Gasteiger partial charge >= 0.3 is 0 Å². The first-order valence-electron chi connectivity index (χ1n) is 6.37. The second kappa shape index (κ2) is 5.49. The number of carbonyl (C=O) groups excluding carboxylic acids is 2. The highest BCUT2D eigenvalue weighted by Crippen LogP contribution is 2.24. The Morgan fingerprint density at radius 3 is 2.88 bits per heavy atom. The number of aliphatic hydroxyl groups excluding tert-OH is 1. The number of likely N-dealkylation sites (tertiary alicyclic amines) is 1. The number of amides is 2. The molecule has 0 radical (unpaired) electrons. The smallest absolute Gasteiger partial charge is 0.239 e. The molecule has 2 fully saturated rings. The van der Waals surface area contributed by atoms with Crippen LogP contribution in [0.15, 0.2) is 0 Å². The minimum absolute atomic E-state index is 0.0800. The van der Waals surface area contributed by atoms with E-state index in [2.05, 4.69) is 5.32 Å². The predicted molar refractivity (Wildman–Crippen MR) is 62.2 cm³/mol. The molecule has 2 N–H and O–H groups in total. The van der Waals surface area contributed by atoms with Crippen molar-refractivity contribution in [3.8, 4) is 0 Å². The van der Waals surface area contributed by atoms with Crippen LogP contribution in [0, 0.1) is 5.92 Å². The van der Waals surface area contributed by atoms with Gasteiger partial charge in [0, 0.05) is 19.5 Å². The fraction of sp³-hybridized carbons (Fsp3) is 0.833. The number of carbonyl (C=O) groups is 2. The summed E-state index contributed by atoms with van der Waals surface area (Å²) in [6, 6.07) is 0. The molecule has 2 aliphatic rings. The predicted octanol–water partition coefficient (Wildman–Crippen LogP) is -0.114. The molecule has 2 amide bonds. The molecule has 2 rings (SSSR count). The van der Waals surface area contributed by atoms with E-state index in [0.29, 0.717) is 25.4 Å². The maximum Gasteiger partial charge on any atom is 0.239 e. The topological polar surface area (TPSA) is 69.6 Å². The summed E-state index contributed by atoms with van der Waals surface area (Å²) in [5.41, 5.74) is 0. The molecule has 0 aromatic rings. The van der Waals surface area contributed by atoms with Gasteiger partial charge in [-0.3, -0.25) is 9.59 Å². The van der Waals surface area contributed by atoms with Crippen molar-refractivity contribution >= 4 is 11.8 Å². The third-order valence-electron chi connectivity index (χ3n) is 3.61. The highest BCUT2D eigenvalue weighted by Gasteiger charge is 2.25. The molecule has 1 heterocycles. The van der Waals surface area contributed by atoms with Crippen molar-refractivity contribution in [1.29, 1.82) is 0 Å². The summed E-state index contributed by atoms with van der Waals surface area (Å²) < 4.78 is 0. The minimum atomic E-state index is -0.197. The average molecular weight is 240 g/mol. The Hall–Kier alpha value is -1.10. The van der Waals surface area contributed by atoms with Crippen molar-refractivity contribution in [2.24, 2.45) is 5.92 Å². The first-order chi connectivity index (χ1) is 8.15. The maximum atomic E-state index is 11.6. The standard InChI is InChI=1S/C12H20N2O3/c15-10-4-3-9(6-10)7-13-11(16)8-14-5-1-2-12(14)17/h9-10,15H,1-8H2,(H,13,16). The van der Waals surface area contributed by atoms with Gasteiger partial charge in [0.1, 0.15) is 0 Å². The summed E-state index contributed by atoms with van der Waals surface area (Å²) in [4.78, 5) is 24.6. The lowest BCUT2D eigenvalue weighted by atomic mass is 10.1. The summed E-state index contributed by atoms with van der Waals surface area (Å²) in [7, 11) is 0. The van der Waals surface area contributed by atoms with Crippen LogP contribution in [0.4, 0.5) is 0 Å². The van der Waals surface area contributed by atoms with E-state index in [-0.39, 0.29) is 24.5 Å². The Bertz CT molecular complexity index is 306. The highest BCUT2D eigenvalue weighted by atomic mass is 16.3. The summed E-state index contributed by atoms with van der Waals surface area (Å²) in [6.07, 6.45) is 3.83. The number of nitrogens with zero attached hydrogens (tertiary/aromatic N) is 1. The van der Waals surface area contributed by atoms with Crippen LogP contribution < -0.4 is 5.32 Å². The van der Waals surface area contributed by atoms with Crippen molar-refractivity contribution in [1.82, 2.24) is 10.2 Å². The first kappa shape index (κ1) is 12.4. The third-order valence-corrected chi connectivity index (χ3v) is 3.61. The fourth-order valence-corrected chi connectivity index (χ4v) is 2.59. The van der Waals surface area contributed by atoms with Crippen LogP contribution in [0.25, 0.3) is 0 Å². The van der Waals surface area contributed by atoms with Gasteiger partial charge in [0.25, 0.3) is 0 Å². The summed E-state index contributed by atoms with van der Waals surface area (Å²) in [5, 5.41) is 12.2. The Morgan fingerprint density at radius 1 is 1.47 bits per heavy atom. The summed E-state index contributed by atoms with van der Waals surface area (Å²) in [6.45, 7) is 1.51. The summed E-state index contributed by atoms with van der Waals surface area (Å²) >= 11 is 0. The molecule has 17 heavy (non-hydrogen) atoms. The maximum absolute atomic E-state index is 11.6. The van der Waals surface area contributed by atoms with Gasteiger partial charge in [-0.1, -0.05) is 0 Å². The molecular weight excluding hydrogens is 220 g/mol. The van der Waals surface area contributed by atoms with Crippen molar-refractivity contribution in [3.05, 3.63) is 0 Å². The van der Waals surface area contributed by atoms with Crippen LogP contribution in [0.1, 0.15) is 32.1 Å². The van der Waals surface area contributed by atoms with Gasteiger partial charge in [0.05, 0.1) is 12.6 Å². The van der Waals surface area contributed by atoms with E-state index in [4.69, 9.17) is 0 Å². The molecule has 1 saturated heterocycles. The Balaban J connectivity index is 1.65. The molecule has 5 nitrogen and oxygen atoms in total. The Kier molecular flexibility index (Phi) is 3.99. The first-order valence-corrected chi connectivity index (χ1v) is 6.37. The van der Waals surface area contributed by atoms with Gasteiger partial charge in [-0.25, -0.2) is 0 Å². The van der Waals surface area contributed by atoms with Crippen molar-refractivity contribution in [3.63, 3.8) is 0 Å². The zero-order valence-electron chi connectivity index (χ0n) is 10.0. The number of aliphatic hydroxyl groups is 1. The van der Waals surface area contributed by atoms with Gasteiger partial charge in [0.2, 0.25) is 11.8 Å². The normalized spacial score (nSPS) is 28.8. The van der Waals surface area contributed by atoms with E-state index in [0.717, 1.165) is 25.7 Å². The largest absolute Gasteiger partial charge is 0.393 e. The molecule has 1 aliphatic heterocycles. The van der Waals surface area contributed by atoms with Crippen LogP contribution in [0.2, 0.25) is 0 Å². The lowest BCUT2D eigenvalue weighted by molar-refractivity contribution is -0.133. The molecule has 0 aromatic heterocycles. The van der Waals surface area contributed by atoms with Crippen LogP contribution in [-0.4, -0.2) is 47.6 Å². The molecule has 1 aliphatic carbocycles. The van der Waals surface area contributed by atoms with Gasteiger partial charge in [-0.05, 0) is 31.6 Å². The van der Waals surface area contributed by atoms with Gasteiger partial charge in [-0.2, -0.15) is 0 Å². The van der Waals surface area contributed by atoms with E-state index in [1.165, 1.54) is 0 Å². The number of hydrogen-bond donors (Lipinski definition) is 2. The molecule has 5 heteroatoms. The second-order valence-corrected chi connectivity index (χ2v) is 5.06. The van der Waals surface area contributed by atoms with Gasteiger partial charge in [-0.15, -0.1) is 0 Å². The van der Waals surface area contributed by atoms with E-state index in [1.54, 1.807) is 4.90 Å². The Morgan fingerprint density at radius 2 is 2.29 bits per heavy atom. The molecule has 1 saturated carbocycles. The zero-order chi connectivity index (χ0) is 12.3. The number of hydrogen-bond acceptors (Lipinski definition) is 3. The van der Waals surface area contributed by atoms with Gasteiger partial charge < -0.3 is 15.3 Å². The SMILES string of the molecule is O=C(CN1CCCC1=O)NCC1CCC(O)C1. The lowest BCUT2D eigenvalue weighted by Gasteiger charge is -2.16. The minimum Gasteiger partial charge on any atom is -0.393 e. The quantitative estimate of drug-likeness (QED) is 0.720. The third kappa shape index (κ3) is 3.43. The van der Waals surface area contributed by atoms with Crippen molar-refractivity contribution in [2.75, 3.05) is 19.6 Å². The van der Waals surface area contributed by atoms with Gasteiger partial charge in [0.15, 0.2) is 0 Å². The van der Waals surface area contributed by atoms with E-state index < -0.39 is 0 Å². The highest BCUT2D eigenvalue weighted by molar-refractivity contribution is 5.85. The van der Waals surface area contributed by atoms with Crippen LogP contribution >= 0.6 is 0 Å². The molecular formula is C12H20N2O3.